The SMILES string of the molecule is O=C(O)CN(CC(=O)NCc1ccco1)C1CCCC1. The number of hydrogen-bond donors (Lipinski definition) is 2. The lowest BCUT2D eigenvalue weighted by molar-refractivity contribution is -0.139. The third-order valence-electron chi connectivity index (χ3n) is 3.57. The highest BCUT2D eigenvalue weighted by molar-refractivity contribution is 5.79. The van der Waals surface area contributed by atoms with Crippen LogP contribution in [0.15, 0.2) is 22.8 Å². The first kappa shape index (κ1) is 14.6. The number of amides is 1. The average Bonchev–Trinajstić information content (AvgIpc) is 3.08. The molecule has 2 N–H and O–H groups in total. The van der Waals surface area contributed by atoms with Gasteiger partial charge < -0.3 is 14.8 Å². The monoisotopic (exact) mass is 280 g/mol. The summed E-state index contributed by atoms with van der Waals surface area (Å²) < 4.78 is 5.13. The fourth-order valence-electron chi connectivity index (χ4n) is 2.60. The molecule has 1 amide bonds. The van der Waals surface area contributed by atoms with Gasteiger partial charge in [-0.05, 0) is 25.0 Å². The van der Waals surface area contributed by atoms with Crippen LogP contribution in [0.2, 0.25) is 0 Å². The second-order valence-electron chi connectivity index (χ2n) is 5.09. The zero-order chi connectivity index (χ0) is 14.4. The number of nitrogens with one attached hydrogen (secondary N) is 1. The molecule has 110 valence electrons. The van der Waals surface area contributed by atoms with E-state index in [1.807, 2.05) is 0 Å². The summed E-state index contributed by atoms with van der Waals surface area (Å²) >= 11 is 0. The predicted molar refractivity (Wildman–Crippen MR) is 72.0 cm³/mol. The highest BCUT2D eigenvalue weighted by atomic mass is 16.4. The largest absolute Gasteiger partial charge is 0.480 e. The van der Waals surface area contributed by atoms with Crippen molar-refractivity contribution in [2.45, 2.75) is 38.3 Å². The summed E-state index contributed by atoms with van der Waals surface area (Å²) in [6.07, 6.45) is 5.71. The number of aliphatic carboxylic acids is 1. The van der Waals surface area contributed by atoms with E-state index in [9.17, 15) is 9.59 Å². The van der Waals surface area contributed by atoms with E-state index >= 15 is 0 Å². The molecular formula is C14H20N2O4. The highest BCUT2D eigenvalue weighted by Crippen LogP contribution is 2.23. The van der Waals surface area contributed by atoms with Gasteiger partial charge in [0.2, 0.25) is 5.91 Å². The number of rotatable bonds is 7. The third-order valence-corrected chi connectivity index (χ3v) is 3.57. The normalized spacial score (nSPS) is 15.7. The van der Waals surface area contributed by atoms with Crippen LogP contribution in [0.4, 0.5) is 0 Å². The molecule has 0 spiro atoms. The van der Waals surface area contributed by atoms with Crippen LogP contribution in [0, 0.1) is 0 Å². The summed E-state index contributed by atoms with van der Waals surface area (Å²) in [5.41, 5.74) is 0. The molecule has 2 rings (SSSR count). The van der Waals surface area contributed by atoms with Gasteiger partial charge in [-0.25, -0.2) is 0 Å². The number of carboxylic acids is 1. The van der Waals surface area contributed by atoms with Gasteiger partial charge in [-0.1, -0.05) is 12.8 Å². The summed E-state index contributed by atoms with van der Waals surface area (Å²) in [4.78, 5) is 24.6. The molecular weight excluding hydrogens is 260 g/mol. The van der Waals surface area contributed by atoms with Crippen molar-refractivity contribution in [2.75, 3.05) is 13.1 Å². The fourth-order valence-corrected chi connectivity index (χ4v) is 2.60. The van der Waals surface area contributed by atoms with Gasteiger partial charge in [-0.3, -0.25) is 14.5 Å². The Morgan fingerprint density at radius 2 is 2.10 bits per heavy atom. The summed E-state index contributed by atoms with van der Waals surface area (Å²) in [7, 11) is 0. The Morgan fingerprint density at radius 3 is 2.70 bits per heavy atom. The predicted octanol–water partition coefficient (Wildman–Crippen LogP) is 1.22. The van der Waals surface area contributed by atoms with E-state index < -0.39 is 5.97 Å². The molecule has 1 aliphatic rings. The number of nitrogens with zero attached hydrogens (tertiary/aromatic N) is 1. The first-order valence-corrected chi connectivity index (χ1v) is 6.90. The molecule has 0 radical (unpaired) electrons. The maximum atomic E-state index is 11.9. The molecule has 1 saturated carbocycles. The minimum atomic E-state index is -0.893. The lowest BCUT2D eigenvalue weighted by atomic mass is 10.2. The Bertz CT molecular complexity index is 438. The summed E-state index contributed by atoms with van der Waals surface area (Å²) in [5.74, 6) is -0.380. The molecule has 0 unspecified atom stereocenters. The average molecular weight is 280 g/mol. The zero-order valence-corrected chi connectivity index (χ0v) is 11.4. The molecule has 20 heavy (non-hydrogen) atoms. The molecule has 1 aliphatic carbocycles. The molecule has 0 atom stereocenters. The number of carbonyl (C=O) groups excluding carboxylic acids is 1. The first-order valence-electron chi connectivity index (χ1n) is 6.90. The number of hydrogen-bond acceptors (Lipinski definition) is 4. The van der Waals surface area contributed by atoms with E-state index in [0.29, 0.717) is 12.3 Å². The first-order chi connectivity index (χ1) is 9.65. The summed E-state index contributed by atoms with van der Waals surface area (Å²) in [6.45, 7) is 0.369. The Labute approximate surface area is 117 Å². The highest BCUT2D eigenvalue weighted by Gasteiger charge is 2.25. The molecule has 0 saturated heterocycles. The second-order valence-corrected chi connectivity index (χ2v) is 5.09. The van der Waals surface area contributed by atoms with Gasteiger partial charge in [-0.2, -0.15) is 0 Å². The van der Waals surface area contributed by atoms with Crippen LogP contribution < -0.4 is 5.32 Å². The van der Waals surface area contributed by atoms with Gasteiger partial charge in [0.05, 0.1) is 25.9 Å². The van der Waals surface area contributed by atoms with Crippen LogP contribution in [0.1, 0.15) is 31.4 Å². The Morgan fingerprint density at radius 1 is 1.35 bits per heavy atom. The van der Waals surface area contributed by atoms with Crippen molar-refractivity contribution in [3.8, 4) is 0 Å². The van der Waals surface area contributed by atoms with Crippen molar-refractivity contribution in [2.24, 2.45) is 0 Å². The van der Waals surface area contributed by atoms with Crippen molar-refractivity contribution in [1.29, 1.82) is 0 Å². The van der Waals surface area contributed by atoms with Crippen LogP contribution in [-0.2, 0) is 16.1 Å². The van der Waals surface area contributed by atoms with E-state index in [-0.39, 0.29) is 25.0 Å². The van der Waals surface area contributed by atoms with Gasteiger partial charge in [0.25, 0.3) is 0 Å². The number of carboxylic acid groups (broad SMARTS) is 1. The van der Waals surface area contributed by atoms with Gasteiger partial charge in [0.15, 0.2) is 0 Å². The molecule has 1 heterocycles. The van der Waals surface area contributed by atoms with E-state index in [2.05, 4.69) is 5.32 Å². The van der Waals surface area contributed by atoms with Crippen LogP contribution in [0.3, 0.4) is 0 Å². The van der Waals surface area contributed by atoms with E-state index in [4.69, 9.17) is 9.52 Å². The quantitative estimate of drug-likeness (QED) is 0.785. The molecule has 0 aromatic carbocycles. The maximum absolute atomic E-state index is 11.9. The molecule has 1 fully saturated rings. The van der Waals surface area contributed by atoms with Gasteiger partial charge in [0, 0.05) is 6.04 Å². The molecule has 6 nitrogen and oxygen atoms in total. The molecule has 1 aromatic rings. The van der Waals surface area contributed by atoms with Crippen molar-refractivity contribution in [3.05, 3.63) is 24.2 Å². The maximum Gasteiger partial charge on any atom is 0.317 e. The van der Waals surface area contributed by atoms with Crippen molar-refractivity contribution < 1.29 is 19.1 Å². The third kappa shape index (κ3) is 4.38. The van der Waals surface area contributed by atoms with E-state index in [0.717, 1.165) is 25.7 Å². The van der Waals surface area contributed by atoms with Crippen LogP contribution in [0.5, 0.6) is 0 Å². The lowest BCUT2D eigenvalue weighted by Crippen LogP contribution is -2.44. The Kier molecular flexibility index (Phi) is 5.17. The summed E-state index contributed by atoms with van der Waals surface area (Å²) in [5, 5.41) is 11.7. The second kappa shape index (κ2) is 7.09. The fraction of sp³-hybridized carbons (Fsp3) is 0.571. The van der Waals surface area contributed by atoms with E-state index in [1.54, 1.807) is 23.3 Å². The standard InChI is InChI=1S/C14H20N2O4/c17-13(15-8-12-6-3-7-20-12)9-16(10-14(18)19)11-4-1-2-5-11/h3,6-7,11H,1-2,4-5,8-10H2,(H,15,17)(H,18,19). The van der Waals surface area contributed by atoms with Crippen LogP contribution >= 0.6 is 0 Å². The van der Waals surface area contributed by atoms with Crippen LogP contribution in [-0.4, -0.2) is 41.0 Å². The lowest BCUT2D eigenvalue weighted by Gasteiger charge is -2.26. The summed E-state index contributed by atoms with van der Waals surface area (Å²) in [6, 6.07) is 3.75. The topological polar surface area (TPSA) is 82.8 Å². The minimum absolute atomic E-state index is 0.0845. The van der Waals surface area contributed by atoms with Crippen molar-refractivity contribution in [1.82, 2.24) is 10.2 Å². The van der Waals surface area contributed by atoms with Crippen molar-refractivity contribution in [3.63, 3.8) is 0 Å². The smallest absolute Gasteiger partial charge is 0.317 e. The molecule has 0 aliphatic heterocycles. The van der Waals surface area contributed by atoms with Gasteiger partial charge in [-0.15, -0.1) is 0 Å². The molecule has 1 aromatic heterocycles. The van der Waals surface area contributed by atoms with Crippen molar-refractivity contribution >= 4 is 11.9 Å². The Hall–Kier alpha value is -1.82. The van der Waals surface area contributed by atoms with Gasteiger partial charge in [0.1, 0.15) is 5.76 Å². The Balaban J connectivity index is 1.82. The molecule has 0 bridgehead atoms. The van der Waals surface area contributed by atoms with Gasteiger partial charge >= 0.3 is 5.97 Å². The zero-order valence-electron chi connectivity index (χ0n) is 11.4. The number of carbonyl (C=O) groups is 2. The molecule has 6 heteroatoms. The minimum Gasteiger partial charge on any atom is -0.480 e. The number of furan rings is 1. The van der Waals surface area contributed by atoms with E-state index in [1.165, 1.54) is 0 Å². The van der Waals surface area contributed by atoms with Crippen LogP contribution in [0.25, 0.3) is 0 Å².